The van der Waals surface area contributed by atoms with Gasteiger partial charge in [0, 0.05) is 36.2 Å². The highest BCUT2D eigenvalue weighted by Gasteiger charge is 2.28. The molecule has 1 unspecified atom stereocenters. The highest BCUT2D eigenvalue weighted by molar-refractivity contribution is 5.98. The molecule has 2 aromatic rings. The van der Waals surface area contributed by atoms with Crippen molar-refractivity contribution in [2.45, 2.75) is 18.9 Å². The van der Waals surface area contributed by atoms with E-state index >= 15 is 0 Å². The van der Waals surface area contributed by atoms with Crippen molar-refractivity contribution in [2.24, 2.45) is 0 Å². The van der Waals surface area contributed by atoms with Gasteiger partial charge in [-0.05, 0) is 32.0 Å². The Bertz CT molecular complexity index is 852. The Morgan fingerprint density at radius 3 is 2.85 bits per heavy atom. The number of hydrogen-bond acceptors (Lipinski definition) is 4. The molecule has 7 nitrogen and oxygen atoms in total. The number of nitrogens with one attached hydrogen (secondary N) is 3. The van der Waals surface area contributed by atoms with Crippen LogP contribution in [-0.2, 0) is 4.79 Å². The van der Waals surface area contributed by atoms with E-state index in [4.69, 9.17) is 0 Å². The molecule has 3 rings (SSSR count). The van der Waals surface area contributed by atoms with Crippen molar-refractivity contribution in [1.29, 1.82) is 0 Å². The van der Waals surface area contributed by atoms with Crippen LogP contribution in [0, 0.1) is 0 Å². The number of aromatic nitrogens is 1. The first-order valence-corrected chi connectivity index (χ1v) is 8.44. The van der Waals surface area contributed by atoms with Crippen molar-refractivity contribution in [3.05, 3.63) is 46.2 Å². The Morgan fingerprint density at radius 2 is 2.08 bits per heavy atom. The number of halogens is 1. The van der Waals surface area contributed by atoms with E-state index < -0.39 is 5.91 Å². The number of H-pyrrole nitrogens is 1. The van der Waals surface area contributed by atoms with Crippen LogP contribution in [0.3, 0.4) is 0 Å². The number of aromatic amines is 1. The lowest BCUT2D eigenvalue weighted by Gasteiger charge is -2.24. The average molecular weight is 379 g/mol. The zero-order valence-corrected chi connectivity index (χ0v) is 15.4. The smallest absolute Gasteiger partial charge is 0.257 e. The summed E-state index contributed by atoms with van der Waals surface area (Å²) in [5.41, 5.74) is 0.348. The highest BCUT2D eigenvalue weighted by Crippen LogP contribution is 2.16. The molecular formula is C18H23ClN4O3. The summed E-state index contributed by atoms with van der Waals surface area (Å²) in [6.45, 7) is 1.34. The first-order valence-electron chi connectivity index (χ1n) is 8.44. The summed E-state index contributed by atoms with van der Waals surface area (Å²) >= 11 is 0. The first-order chi connectivity index (χ1) is 12.1. The Morgan fingerprint density at radius 1 is 1.31 bits per heavy atom. The molecular weight excluding hydrogens is 356 g/mol. The van der Waals surface area contributed by atoms with Gasteiger partial charge in [-0.2, -0.15) is 0 Å². The first kappa shape index (κ1) is 19.9. The molecule has 1 aromatic carbocycles. The van der Waals surface area contributed by atoms with E-state index in [0.29, 0.717) is 17.4 Å². The number of para-hydroxylation sites is 1. The number of fused-ring (bicyclic) bond motifs is 1. The van der Waals surface area contributed by atoms with E-state index in [1.54, 1.807) is 23.1 Å². The van der Waals surface area contributed by atoms with Crippen molar-refractivity contribution in [3.8, 4) is 0 Å². The normalized spacial score (nSPS) is 16.3. The molecule has 1 aliphatic heterocycles. The van der Waals surface area contributed by atoms with Crippen LogP contribution in [0.4, 0.5) is 0 Å². The van der Waals surface area contributed by atoms with Gasteiger partial charge in [0.2, 0.25) is 11.3 Å². The maximum Gasteiger partial charge on any atom is 0.257 e. The molecule has 1 atom stereocenters. The molecule has 2 amide bonds. The van der Waals surface area contributed by atoms with E-state index in [2.05, 4.69) is 15.6 Å². The molecule has 1 fully saturated rings. The number of hydrogen-bond donors (Lipinski definition) is 3. The summed E-state index contributed by atoms with van der Waals surface area (Å²) < 4.78 is 0. The van der Waals surface area contributed by atoms with E-state index in [0.717, 1.165) is 19.4 Å². The minimum atomic E-state index is -0.537. The third-order valence-electron chi connectivity index (χ3n) is 4.57. The van der Waals surface area contributed by atoms with Gasteiger partial charge >= 0.3 is 0 Å². The summed E-state index contributed by atoms with van der Waals surface area (Å²) in [4.78, 5) is 41.8. The molecule has 8 heteroatoms. The Balaban J connectivity index is 0.00000243. The number of rotatable bonds is 5. The zero-order chi connectivity index (χ0) is 17.8. The number of carbonyl (C=O) groups excluding carboxylic acids is 2. The molecule has 1 saturated heterocycles. The Hall–Kier alpha value is -2.38. The predicted molar refractivity (Wildman–Crippen MR) is 103 cm³/mol. The maximum absolute atomic E-state index is 12.4. The van der Waals surface area contributed by atoms with Crippen LogP contribution < -0.4 is 16.1 Å². The molecule has 0 radical (unpaired) electrons. The van der Waals surface area contributed by atoms with Crippen LogP contribution in [0.1, 0.15) is 23.2 Å². The molecule has 0 spiro atoms. The molecule has 1 aliphatic rings. The minimum absolute atomic E-state index is 0. The summed E-state index contributed by atoms with van der Waals surface area (Å²) in [7, 11) is 1.86. The lowest BCUT2D eigenvalue weighted by molar-refractivity contribution is -0.130. The van der Waals surface area contributed by atoms with Crippen molar-refractivity contribution >= 4 is 35.1 Å². The van der Waals surface area contributed by atoms with Crippen LogP contribution in [0.2, 0.25) is 0 Å². The monoisotopic (exact) mass is 378 g/mol. The van der Waals surface area contributed by atoms with Crippen LogP contribution >= 0.6 is 12.4 Å². The largest absolute Gasteiger partial charge is 0.360 e. The van der Waals surface area contributed by atoms with E-state index in [9.17, 15) is 14.4 Å². The van der Waals surface area contributed by atoms with Crippen LogP contribution in [0.15, 0.2) is 35.3 Å². The minimum Gasteiger partial charge on any atom is -0.360 e. The maximum atomic E-state index is 12.4. The molecule has 140 valence electrons. The molecule has 0 saturated carbocycles. The van der Waals surface area contributed by atoms with Crippen molar-refractivity contribution in [2.75, 3.05) is 26.7 Å². The van der Waals surface area contributed by atoms with Gasteiger partial charge in [-0.15, -0.1) is 12.4 Å². The molecule has 2 heterocycles. The van der Waals surface area contributed by atoms with Gasteiger partial charge in [0.05, 0.1) is 6.54 Å². The third kappa shape index (κ3) is 4.05. The fourth-order valence-electron chi connectivity index (χ4n) is 3.30. The van der Waals surface area contributed by atoms with Gasteiger partial charge in [0.25, 0.3) is 5.91 Å². The zero-order valence-electron chi connectivity index (χ0n) is 14.6. The Kier molecular flexibility index (Phi) is 6.76. The quantitative estimate of drug-likeness (QED) is 0.720. The number of pyridine rings is 1. The molecule has 0 aliphatic carbocycles. The number of likely N-dealkylation sites (tertiary alicyclic amines) is 1. The van der Waals surface area contributed by atoms with E-state index in [-0.39, 0.29) is 41.9 Å². The lowest BCUT2D eigenvalue weighted by atomic mass is 10.1. The van der Waals surface area contributed by atoms with Gasteiger partial charge in [-0.3, -0.25) is 14.4 Å². The van der Waals surface area contributed by atoms with E-state index in [1.165, 1.54) is 6.20 Å². The second-order valence-corrected chi connectivity index (χ2v) is 6.20. The molecule has 0 bridgehead atoms. The topological polar surface area (TPSA) is 94.3 Å². The van der Waals surface area contributed by atoms with Gasteiger partial charge in [-0.1, -0.05) is 12.1 Å². The number of nitrogens with zero attached hydrogens (tertiary/aromatic N) is 1. The summed E-state index contributed by atoms with van der Waals surface area (Å²) in [6, 6.07) is 7.17. The number of benzene rings is 1. The second kappa shape index (κ2) is 8.82. The summed E-state index contributed by atoms with van der Waals surface area (Å²) in [6.07, 6.45) is 3.32. The number of carbonyl (C=O) groups is 2. The lowest BCUT2D eigenvalue weighted by Crippen LogP contribution is -2.46. The van der Waals surface area contributed by atoms with Crippen LogP contribution in [0.5, 0.6) is 0 Å². The second-order valence-electron chi connectivity index (χ2n) is 6.20. The summed E-state index contributed by atoms with van der Waals surface area (Å²) in [5, 5.41) is 6.11. The summed E-state index contributed by atoms with van der Waals surface area (Å²) in [5.74, 6) is -0.659. The predicted octanol–water partition coefficient (Wildman–Crippen LogP) is 0.890. The van der Waals surface area contributed by atoms with Crippen molar-refractivity contribution < 1.29 is 9.59 Å². The Labute approximate surface area is 157 Å². The highest BCUT2D eigenvalue weighted by atomic mass is 35.5. The van der Waals surface area contributed by atoms with Crippen molar-refractivity contribution in [1.82, 2.24) is 20.5 Å². The SMILES string of the molecule is CNCC1CCCN1C(=O)CNC(=O)c1c[nH]c2ccccc2c1=O.Cl. The third-order valence-corrected chi connectivity index (χ3v) is 4.57. The molecule has 26 heavy (non-hydrogen) atoms. The van der Waals surface area contributed by atoms with Crippen LogP contribution in [0.25, 0.3) is 10.9 Å². The van der Waals surface area contributed by atoms with Gasteiger partial charge in [-0.25, -0.2) is 0 Å². The van der Waals surface area contributed by atoms with E-state index in [1.807, 2.05) is 13.1 Å². The standard InChI is InChI=1S/C18H22N4O3.ClH/c1-19-9-12-5-4-8-22(12)16(23)11-21-18(25)14-10-20-15-7-3-2-6-13(15)17(14)24;/h2-3,6-7,10,12,19H,4-5,8-9,11H2,1H3,(H,20,24)(H,21,25);1H. The molecule has 3 N–H and O–H groups in total. The van der Waals surface area contributed by atoms with Gasteiger partial charge in [0.15, 0.2) is 0 Å². The van der Waals surface area contributed by atoms with Gasteiger partial charge in [0.1, 0.15) is 5.56 Å². The average Bonchev–Trinajstić information content (AvgIpc) is 3.09. The fourth-order valence-corrected chi connectivity index (χ4v) is 3.30. The van der Waals surface area contributed by atoms with Crippen LogP contribution in [-0.4, -0.2) is 54.4 Å². The fraction of sp³-hybridized carbons (Fsp3) is 0.389. The molecule has 1 aromatic heterocycles. The van der Waals surface area contributed by atoms with Gasteiger partial charge < -0.3 is 20.5 Å². The number of likely N-dealkylation sites (N-methyl/N-ethyl adjacent to an activating group) is 1. The number of amides is 2. The van der Waals surface area contributed by atoms with Crippen molar-refractivity contribution in [3.63, 3.8) is 0 Å².